The van der Waals surface area contributed by atoms with Crippen molar-refractivity contribution in [3.05, 3.63) is 28.3 Å². The summed E-state index contributed by atoms with van der Waals surface area (Å²) >= 11 is 0. The average Bonchev–Trinajstić information content (AvgIpc) is 2.32. The highest BCUT2D eigenvalue weighted by Gasteiger charge is 2.27. The zero-order chi connectivity index (χ0) is 15.3. The minimum Gasteiger partial charge on any atom is -0.485 e. The molecule has 0 aliphatic carbocycles. The van der Waals surface area contributed by atoms with Gasteiger partial charge in [0, 0.05) is 18.8 Å². The first-order valence-electron chi connectivity index (χ1n) is 6.07. The number of rotatable bonds is 7. The van der Waals surface area contributed by atoms with Gasteiger partial charge in [-0.3, -0.25) is 10.1 Å². The first-order valence-corrected chi connectivity index (χ1v) is 7.96. The summed E-state index contributed by atoms with van der Waals surface area (Å²) in [4.78, 5) is 10.0. The topological polar surface area (TPSA) is 98.5 Å². The fraction of sp³-hybridized carbons (Fsp3) is 0.500. The molecule has 1 aromatic carbocycles. The van der Waals surface area contributed by atoms with Gasteiger partial charge in [0.2, 0.25) is 0 Å². The fourth-order valence-electron chi connectivity index (χ4n) is 1.61. The summed E-state index contributed by atoms with van der Waals surface area (Å²) in [5.74, 6) is -0.0384. The van der Waals surface area contributed by atoms with Crippen molar-refractivity contribution in [3.8, 4) is 5.75 Å². The van der Waals surface area contributed by atoms with Gasteiger partial charge in [-0.05, 0) is 12.1 Å². The molecule has 1 rings (SSSR count). The number of nitrogens with zero attached hydrogens (tertiary/aromatic N) is 1. The highest BCUT2D eigenvalue weighted by Crippen LogP contribution is 2.33. The number of para-hydroxylation sites is 1. The third kappa shape index (κ3) is 4.46. The van der Waals surface area contributed by atoms with Gasteiger partial charge in [-0.25, -0.2) is 8.42 Å². The van der Waals surface area contributed by atoms with E-state index in [1.54, 1.807) is 0 Å². The monoisotopic (exact) mass is 302 g/mol. The van der Waals surface area contributed by atoms with Crippen LogP contribution < -0.4 is 10.1 Å². The Balaban J connectivity index is 2.99. The number of nitrogens with one attached hydrogen (secondary N) is 1. The van der Waals surface area contributed by atoms with Gasteiger partial charge in [-0.15, -0.1) is 0 Å². The first-order chi connectivity index (χ1) is 9.23. The quantitative estimate of drug-likeness (QED) is 0.464. The lowest BCUT2D eigenvalue weighted by Crippen LogP contribution is -2.27. The third-order valence-electron chi connectivity index (χ3n) is 2.46. The van der Waals surface area contributed by atoms with Gasteiger partial charge >= 0.3 is 5.69 Å². The van der Waals surface area contributed by atoms with Crippen LogP contribution in [-0.4, -0.2) is 38.8 Å². The van der Waals surface area contributed by atoms with E-state index in [2.05, 4.69) is 5.32 Å². The van der Waals surface area contributed by atoms with Crippen LogP contribution in [0.25, 0.3) is 0 Å². The first kappa shape index (κ1) is 16.4. The molecule has 0 aliphatic heterocycles. The van der Waals surface area contributed by atoms with Crippen LogP contribution in [0.1, 0.15) is 13.8 Å². The molecule has 7 nitrogen and oxygen atoms in total. The summed E-state index contributed by atoms with van der Waals surface area (Å²) in [6.45, 7) is 4.66. The molecule has 112 valence electrons. The van der Waals surface area contributed by atoms with Crippen molar-refractivity contribution >= 4 is 15.5 Å². The second-order valence-corrected chi connectivity index (χ2v) is 6.57. The number of nitro groups is 1. The SMILES string of the molecule is CC(C)NCCOc1cccc(S(C)(=O)=O)c1[N+](=O)[O-]. The van der Waals surface area contributed by atoms with Gasteiger partial charge in [-0.1, -0.05) is 19.9 Å². The summed E-state index contributed by atoms with van der Waals surface area (Å²) < 4.78 is 28.4. The highest BCUT2D eigenvalue weighted by molar-refractivity contribution is 7.90. The lowest BCUT2D eigenvalue weighted by atomic mass is 10.3. The molecule has 1 aromatic rings. The molecule has 0 heterocycles. The van der Waals surface area contributed by atoms with Gasteiger partial charge < -0.3 is 10.1 Å². The van der Waals surface area contributed by atoms with E-state index in [0.717, 1.165) is 6.26 Å². The van der Waals surface area contributed by atoms with Crippen molar-refractivity contribution in [2.75, 3.05) is 19.4 Å². The van der Waals surface area contributed by atoms with Crippen molar-refractivity contribution in [1.29, 1.82) is 0 Å². The standard InChI is InChI=1S/C12H18N2O5S/c1-9(2)13-7-8-19-10-5-4-6-11(20(3,17)18)12(10)14(15)16/h4-6,9,13H,7-8H2,1-3H3. The van der Waals surface area contributed by atoms with Crippen molar-refractivity contribution in [1.82, 2.24) is 5.32 Å². The minimum absolute atomic E-state index is 0.0384. The van der Waals surface area contributed by atoms with Gasteiger partial charge in [0.15, 0.2) is 15.6 Å². The number of nitro benzene ring substituents is 1. The highest BCUT2D eigenvalue weighted by atomic mass is 32.2. The molecule has 0 atom stereocenters. The van der Waals surface area contributed by atoms with Crippen molar-refractivity contribution in [3.63, 3.8) is 0 Å². The van der Waals surface area contributed by atoms with Gasteiger partial charge in [0.1, 0.15) is 11.5 Å². The van der Waals surface area contributed by atoms with Crippen LogP contribution in [0.5, 0.6) is 5.75 Å². The Morgan fingerprint density at radius 3 is 2.55 bits per heavy atom. The molecule has 8 heteroatoms. The minimum atomic E-state index is -3.68. The van der Waals surface area contributed by atoms with Crippen LogP contribution in [0.4, 0.5) is 5.69 Å². The number of hydrogen-bond donors (Lipinski definition) is 1. The molecular formula is C12H18N2O5S. The van der Waals surface area contributed by atoms with Crippen LogP contribution in [0, 0.1) is 10.1 Å². The second kappa shape index (κ2) is 6.67. The van der Waals surface area contributed by atoms with Crippen LogP contribution in [0.3, 0.4) is 0 Å². The van der Waals surface area contributed by atoms with E-state index in [4.69, 9.17) is 4.74 Å². The van der Waals surface area contributed by atoms with Crippen LogP contribution in [0.2, 0.25) is 0 Å². The number of ether oxygens (including phenoxy) is 1. The molecule has 20 heavy (non-hydrogen) atoms. The lowest BCUT2D eigenvalue weighted by molar-refractivity contribution is -0.388. The largest absolute Gasteiger partial charge is 0.485 e. The second-order valence-electron chi connectivity index (χ2n) is 4.59. The maximum absolute atomic E-state index is 11.6. The summed E-state index contributed by atoms with van der Waals surface area (Å²) in [6, 6.07) is 4.29. The van der Waals surface area contributed by atoms with E-state index in [1.807, 2.05) is 13.8 Å². The van der Waals surface area contributed by atoms with Crippen molar-refractivity contribution in [2.24, 2.45) is 0 Å². The molecule has 1 N–H and O–H groups in total. The molecular weight excluding hydrogens is 284 g/mol. The molecule has 0 aromatic heterocycles. The maximum atomic E-state index is 11.6. The molecule has 0 bridgehead atoms. The summed E-state index contributed by atoms with van der Waals surface area (Å²) in [7, 11) is -3.68. The van der Waals surface area contributed by atoms with Crippen molar-refractivity contribution in [2.45, 2.75) is 24.8 Å². The molecule has 0 saturated carbocycles. The smallest absolute Gasteiger partial charge is 0.329 e. The Morgan fingerprint density at radius 2 is 2.05 bits per heavy atom. The van der Waals surface area contributed by atoms with Crippen LogP contribution in [0.15, 0.2) is 23.1 Å². The Hall–Kier alpha value is -1.67. The van der Waals surface area contributed by atoms with E-state index >= 15 is 0 Å². The fourth-order valence-corrected chi connectivity index (χ4v) is 2.46. The molecule has 0 saturated heterocycles. The molecule has 0 aliphatic rings. The zero-order valence-corrected chi connectivity index (χ0v) is 12.4. The van der Waals surface area contributed by atoms with Crippen LogP contribution in [-0.2, 0) is 9.84 Å². The number of benzene rings is 1. The average molecular weight is 302 g/mol. The predicted molar refractivity (Wildman–Crippen MR) is 74.8 cm³/mol. The summed E-state index contributed by atoms with van der Waals surface area (Å²) in [6.07, 6.45) is 0.930. The molecule has 0 fully saturated rings. The van der Waals surface area contributed by atoms with Crippen molar-refractivity contribution < 1.29 is 18.1 Å². The molecule has 0 spiro atoms. The van der Waals surface area contributed by atoms with E-state index in [9.17, 15) is 18.5 Å². The number of sulfone groups is 1. The Labute approximate surface area is 118 Å². The van der Waals surface area contributed by atoms with Gasteiger partial charge in [-0.2, -0.15) is 0 Å². The summed E-state index contributed by atoms with van der Waals surface area (Å²) in [5, 5.41) is 14.2. The Morgan fingerprint density at radius 1 is 1.40 bits per heavy atom. The van der Waals surface area contributed by atoms with Crippen LogP contribution >= 0.6 is 0 Å². The Kier molecular flexibility index (Phi) is 5.46. The summed E-state index contributed by atoms with van der Waals surface area (Å²) in [5.41, 5.74) is -0.514. The van der Waals surface area contributed by atoms with E-state index in [0.29, 0.717) is 6.54 Å². The molecule has 0 unspecified atom stereocenters. The van der Waals surface area contributed by atoms with E-state index < -0.39 is 20.4 Å². The lowest BCUT2D eigenvalue weighted by Gasteiger charge is -2.11. The van der Waals surface area contributed by atoms with Gasteiger partial charge in [0.05, 0.1) is 4.92 Å². The van der Waals surface area contributed by atoms with E-state index in [-0.39, 0.29) is 23.3 Å². The number of hydrogen-bond acceptors (Lipinski definition) is 6. The normalized spacial score (nSPS) is 11.6. The molecule has 0 radical (unpaired) electrons. The van der Waals surface area contributed by atoms with Gasteiger partial charge in [0.25, 0.3) is 0 Å². The zero-order valence-electron chi connectivity index (χ0n) is 11.6. The maximum Gasteiger partial charge on any atom is 0.329 e. The van der Waals surface area contributed by atoms with E-state index in [1.165, 1.54) is 18.2 Å². The predicted octanol–water partition coefficient (Wildman–Crippen LogP) is 1.38. The third-order valence-corrected chi connectivity index (χ3v) is 3.58. The Bertz CT molecular complexity index is 584. The molecule has 0 amide bonds.